The summed E-state index contributed by atoms with van der Waals surface area (Å²) in [5.41, 5.74) is 2.13. The average molecular weight is 502 g/mol. The van der Waals surface area contributed by atoms with Crippen LogP contribution in [0.15, 0.2) is 34.2 Å². The summed E-state index contributed by atoms with van der Waals surface area (Å²) in [6.45, 7) is 3.08. The summed E-state index contributed by atoms with van der Waals surface area (Å²) in [4.78, 5) is 44.5. The lowest BCUT2D eigenvalue weighted by molar-refractivity contribution is -0.113. The number of hydrogen-bond acceptors (Lipinski definition) is 8. The van der Waals surface area contributed by atoms with Crippen LogP contribution in [0.3, 0.4) is 0 Å². The highest BCUT2D eigenvalue weighted by atomic mass is 32.2. The Bertz CT molecular complexity index is 1250. The van der Waals surface area contributed by atoms with Gasteiger partial charge in [0.1, 0.15) is 4.83 Å². The molecular formula is C24H27N3O5S2. The molecule has 4 rings (SSSR count). The second-order valence-electron chi connectivity index (χ2n) is 7.87. The molecule has 2 aromatic heterocycles. The number of methoxy groups -OCH3 is 1. The Balaban J connectivity index is 1.48. The standard InChI is InChI=1S/C24H27N3O5S2/c1-3-32-23(30)15-8-10-16(11-9-15)25-19(28)14-33-24-26-21-20(17-6-4-7-18(17)34-21)22(29)27(24)12-5-13-31-2/h8-11H,3-7,12-14H2,1-2H3,(H,25,28). The fourth-order valence-electron chi connectivity index (χ4n) is 3.96. The Labute approximate surface area is 205 Å². The lowest BCUT2D eigenvalue weighted by Gasteiger charge is -2.12. The summed E-state index contributed by atoms with van der Waals surface area (Å²) >= 11 is 2.84. The van der Waals surface area contributed by atoms with E-state index in [4.69, 9.17) is 14.5 Å². The predicted molar refractivity (Wildman–Crippen MR) is 134 cm³/mol. The minimum absolute atomic E-state index is 0.0297. The number of carbonyl (C=O) groups is 2. The van der Waals surface area contributed by atoms with E-state index in [-0.39, 0.29) is 17.2 Å². The van der Waals surface area contributed by atoms with Crippen LogP contribution >= 0.6 is 23.1 Å². The van der Waals surface area contributed by atoms with Crippen LogP contribution < -0.4 is 10.9 Å². The highest BCUT2D eigenvalue weighted by Gasteiger charge is 2.23. The first-order chi connectivity index (χ1) is 16.5. The number of thiophene rings is 1. The number of carbonyl (C=O) groups excluding carboxylic acids is 2. The van der Waals surface area contributed by atoms with E-state index < -0.39 is 5.97 Å². The first-order valence-electron chi connectivity index (χ1n) is 11.3. The number of anilines is 1. The van der Waals surface area contributed by atoms with Crippen molar-refractivity contribution in [2.45, 2.75) is 44.3 Å². The molecule has 0 atom stereocenters. The molecule has 1 aliphatic rings. The molecule has 1 N–H and O–H groups in total. The second-order valence-corrected chi connectivity index (χ2v) is 9.90. The van der Waals surface area contributed by atoms with Gasteiger partial charge in [0.05, 0.1) is 23.3 Å². The van der Waals surface area contributed by atoms with Gasteiger partial charge < -0.3 is 14.8 Å². The first kappa shape index (κ1) is 24.4. The van der Waals surface area contributed by atoms with Gasteiger partial charge in [0.2, 0.25) is 5.91 Å². The molecule has 10 heteroatoms. The van der Waals surface area contributed by atoms with Gasteiger partial charge in [-0.25, -0.2) is 9.78 Å². The van der Waals surface area contributed by atoms with E-state index in [0.717, 1.165) is 35.0 Å². The zero-order chi connectivity index (χ0) is 24.1. The van der Waals surface area contributed by atoms with Gasteiger partial charge in [-0.05, 0) is 62.4 Å². The molecular weight excluding hydrogens is 474 g/mol. The summed E-state index contributed by atoms with van der Waals surface area (Å²) in [5, 5.41) is 4.10. The van der Waals surface area contributed by atoms with Crippen LogP contribution in [0.5, 0.6) is 0 Å². The number of nitrogens with one attached hydrogen (secondary N) is 1. The number of fused-ring (bicyclic) bond motifs is 3. The summed E-state index contributed by atoms with van der Waals surface area (Å²) in [6, 6.07) is 6.54. The Hall–Kier alpha value is -2.69. The maximum Gasteiger partial charge on any atom is 0.338 e. The predicted octanol–water partition coefficient (Wildman–Crippen LogP) is 3.89. The van der Waals surface area contributed by atoms with Crippen LogP contribution in [0.4, 0.5) is 5.69 Å². The number of aromatic nitrogens is 2. The van der Waals surface area contributed by atoms with Crippen LogP contribution in [-0.2, 0) is 33.7 Å². The fraction of sp³-hybridized carbons (Fsp3) is 0.417. The minimum atomic E-state index is -0.400. The van der Waals surface area contributed by atoms with E-state index in [2.05, 4.69) is 5.32 Å². The Morgan fingerprint density at radius 2 is 2.03 bits per heavy atom. The molecule has 8 nitrogen and oxygen atoms in total. The third-order valence-electron chi connectivity index (χ3n) is 5.53. The molecule has 0 aliphatic heterocycles. The summed E-state index contributed by atoms with van der Waals surface area (Å²) in [5.74, 6) is -0.517. The van der Waals surface area contributed by atoms with E-state index in [1.165, 1.54) is 16.6 Å². The number of benzene rings is 1. The number of rotatable bonds is 10. The molecule has 1 aromatic carbocycles. The molecule has 2 heterocycles. The molecule has 34 heavy (non-hydrogen) atoms. The monoisotopic (exact) mass is 501 g/mol. The summed E-state index contributed by atoms with van der Waals surface area (Å²) in [6.07, 6.45) is 3.69. The number of thioether (sulfide) groups is 1. The van der Waals surface area contributed by atoms with Gasteiger partial charge in [0.15, 0.2) is 5.16 Å². The molecule has 0 bridgehead atoms. The molecule has 1 amide bonds. The number of hydrogen-bond donors (Lipinski definition) is 1. The summed E-state index contributed by atoms with van der Waals surface area (Å²) in [7, 11) is 1.63. The largest absolute Gasteiger partial charge is 0.462 e. The topological polar surface area (TPSA) is 99.5 Å². The van der Waals surface area contributed by atoms with Crippen molar-refractivity contribution in [2.24, 2.45) is 0 Å². The maximum atomic E-state index is 13.4. The van der Waals surface area contributed by atoms with E-state index >= 15 is 0 Å². The van der Waals surface area contributed by atoms with Crippen molar-refractivity contribution in [1.29, 1.82) is 0 Å². The number of ether oxygens (including phenoxy) is 2. The van der Waals surface area contributed by atoms with Crippen LogP contribution in [-0.4, -0.2) is 47.5 Å². The highest BCUT2D eigenvalue weighted by Crippen LogP contribution is 2.35. The molecule has 0 spiro atoms. The summed E-state index contributed by atoms with van der Waals surface area (Å²) < 4.78 is 11.8. The molecule has 0 radical (unpaired) electrons. The Morgan fingerprint density at radius 3 is 2.76 bits per heavy atom. The third-order valence-corrected chi connectivity index (χ3v) is 7.69. The van der Waals surface area contributed by atoms with Crippen molar-refractivity contribution in [2.75, 3.05) is 31.4 Å². The van der Waals surface area contributed by atoms with Crippen LogP contribution in [0.2, 0.25) is 0 Å². The third kappa shape index (κ3) is 5.34. The van der Waals surface area contributed by atoms with Gasteiger partial charge in [-0.2, -0.15) is 0 Å². The Kier molecular flexibility index (Phi) is 8.02. The molecule has 1 aliphatic carbocycles. The maximum absolute atomic E-state index is 13.4. The average Bonchev–Trinajstić information content (AvgIpc) is 3.41. The molecule has 0 saturated carbocycles. The lowest BCUT2D eigenvalue weighted by Crippen LogP contribution is -2.25. The van der Waals surface area contributed by atoms with Crippen molar-refractivity contribution < 1.29 is 19.1 Å². The minimum Gasteiger partial charge on any atom is -0.462 e. The van der Waals surface area contributed by atoms with Gasteiger partial charge in [0, 0.05) is 30.8 Å². The van der Waals surface area contributed by atoms with Crippen molar-refractivity contribution >= 4 is 50.9 Å². The van der Waals surface area contributed by atoms with E-state index in [0.29, 0.717) is 42.6 Å². The quantitative estimate of drug-likeness (QED) is 0.195. The molecule has 0 saturated heterocycles. The van der Waals surface area contributed by atoms with Crippen LogP contribution in [0.25, 0.3) is 10.2 Å². The van der Waals surface area contributed by atoms with E-state index in [9.17, 15) is 14.4 Å². The van der Waals surface area contributed by atoms with Crippen LogP contribution in [0, 0.1) is 0 Å². The van der Waals surface area contributed by atoms with Gasteiger partial charge in [-0.15, -0.1) is 11.3 Å². The first-order valence-corrected chi connectivity index (χ1v) is 13.1. The van der Waals surface area contributed by atoms with Gasteiger partial charge in [0.25, 0.3) is 5.56 Å². The number of nitrogens with zero attached hydrogens (tertiary/aromatic N) is 2. The number of esters is 1. The van der Waals surface area contributed by atoms with E-state index in [1.54, 1.807) is 54.2 Å². The smallest absolute Gasteiger partial charge is 0.338 e. The fourth-order valence-corrected chi connectivity index (χ4v) is 6.09. The van der Waals surface area contributed by atoms with Crippen molar-refractivity contribution in [1.82, 2.24) is 9.55 Å². The highest BCUT2D eigenvalue weighted by molar-refractivity contribution is 7.99. The van der Waals surface area contributed by atoms with Crippen molar-refractivity contribution in [3.05, 3.63) is 50.6 Å². The molecule has 3 aromatic rings. The Morgan fingerprint density at radius 1 is 1.24 bits per heavy atom. The molecule has 180 valence electrons. The SMILES string of the molecule is CCOC(=O)c1ccc(NC(=O)CSc2nc3sc4c(c3c(=O)n2CCCOC)CCC4)cc1. The lowest BCUT2D eigenvalue weighted by atomic mass is 10.2. The van der Waals surface area contributed by atoms with Gasteiger partial charge in [-0.1, -0.05) is 11.8 Å². The van der Waals surface area contributed by atoms with E-state index in [1.807, 2.05) is 0 Å². The molecule has 0 unspecified atom stereocenters. The normalized spacial score (nSPS) is 12.6. The zero-order valence-electron chi connectivity index (χ0n) is 19.2. The van der Waals surface area contributed by atoms with Crippen molar-refractivity contribution in [3.63, 3.8) is 0 Å². The molecule has 0 fully saturated rings. The van der Waals surface area contributed by atoms with Crippen molar-refractivity contribution in [3.8, 4) is 0 Å². The van der Waals surface area contributed by atoms with Gasteiger partial charge in [-0.3, -0.25) is 14.2 Å². The second kappa shape index (κ2) is 11.2. The van der Waals surface area contributed by atoms with Gasteiger partial charge >= 0.3 is 5.97 Å². The zero-order valence-corrected chi connectivity index (χ0v) is 20.9. The number of amides is 1. The van der Waals surface area contributed by atoms with Crippen LogP contribution in [0.1, 0.15) is 40.6 Å². The number of aryl methyl sites for hydroxylation is 2.